The van der Waals surface area contributed by atoms with Gasteiger partial charge in [0.25, 0.3) is 0 Å². The third-order valence-electron chi connectivity index (χ3n) is 3.98. The monoisotopic (exact) mass is 292 g/mol. The molecule has 21 heavy (non-hydrogen) atoms. The molecule has 1 heterocycles. The van der Waals surface area contributed by atoms with Gasteiger partial charge in [0, 0.05) is 19.7 Å². The maximum atomic E-state index is 11.7. The quantitative estimate of drug-likeness (QED) is 0.829. The number of rotatable bonds is 6. The Morgan fingerprint density at radius 3 is 2.71 bits per heavy atom. The Hall–Kier alpha value is -1.43. The van der Waals surface area contributed by atoms with E-state index in [1.54, 1.807) is 12.1 Å². The fourth-order valence-corrected chi connectivity index (χ4v) is 2.81. The van der Waals surface area contributed by atoms with Gasteiger partial charge in [-0.05, 0) is 31.9 Å². The number of carboxylic acid groups (broad SMARTS) is 1. The summed E-state index contributed by atoms with van der Waals surface area (Å²) in [4.78, 5) is 13.6. The standard InChI is InChI=1S/C16H24N2O3/c1-18(11-14-9-5-6-10-21-14)12-16(17,15(19)20)13-7-3-2-4-8-13/h2-4,7-8,14H,5-6,9-12,17H2,1H3,(H,19,20). The van der Waals surface area contributed by atoms with Crippen molar-refractivity contribution in [2.45, 2.75) is 30.9 Å². The van der Waals surface area contributed by atoms with Crippen LogP contribution in [0.15, 0.2) is 30.3 Å². The molecule has 1 fully saturated rings. The first kappa shape index (κ1) is 15.9. The van der Waals surface area contributed by atoms with Crippen LogP contribution in [0.4, 0.5) is 0 Å². The van der Waals surface area contributed by atoms with Gasteiger partial charge in [-0.1, -0.05) is 30.3 Å². The van der Waals surface area contributed by atoms with Crippen molar-refractivity contribution < 1.29 is 14.6 Å². The SMILES string of the molecule is CN(CC1CCCCO1)CC(N)(C(=O)O)c1ccccc1. The van der Waals surface area contributed by atoms with Crippen molar-refractivity contribution in [1.29, 1.82) is 0 Å². The largest absolute Gasteiger partial charge is 0.480 e. The van der Waals surface area contributed by atoms with Gasteiger partial charge in [-0.3, -0.25) is 0 Å². The van der Waals surface area contributed by atoms with Crippen LogP contribution in [0, 0.1) is 0 Å². The molecule has 0 aliphatic carbocycles. The van der Waals surface area contributed by atoms with Gasteiger partial charge in [0.1, 0.15) is 0 Å². The van der Waals surface area contributed by atoms with Crippen molar-refractivity contribution in [3.8, 4) is 0 Å². The third-order valence-corrected chi connectivity index (χ3v) is 3.98. The molecule has 116 valence electrons. The second-order valence-corrected chi connectivity index (χ2v) is 5.83. The number of carboxylic acids is 1. The molecule has 1 aliphatic heterocycles. The number of aliphatic carboxylic acids is 1. The highest BCUT2D eigenvalue weighted by Crippen LogP contribution is 2.21. The Kier molecular flexibility index (Phi) is 5.33. The number of ether oxygens (including phenoxy) is 1. The van der Waals surface area contributed by atoms with Crippen molar-refractivity contribution in [1.82, 2.24) is 4.90 Å². The lowest BCUT2D eigenvalue weighted by Gasteiger charge is -2.33. The van der Waals surface area contributed by atoms with Crippen LogP contribution < -0.4 is 5.73 Å². The molecule has 1 saturated heterocycles. The zero-order chi connectivity index (χ0) is 15.3. The molecule has 0 radical (unpaired) electrons. The van der Waals surface area contributed by atoms with E-state index in [0.717, 1.165) is 19.4 Å². The summed E-state index contributed by atoms with van der Waals surface area (Å²) in [5.41, 5.74) is 5.41. The first-order chi connectivity index (χ1) is 10.0. The van der Waals surface area contributed by atoms with Gasteiger partial charge in [0.05, 0.1) is 6.10 Å². The van der Waals surface area contributed by atoms with Gasteiger partial charge < -0.3 is 20.5 Å². The summed E-state index contributed by atoms with van der Waals surface area (Å²) in [7, 11) is 1.89. The molecule has 5 heteroatoms. The fourth-order valence-electron chi connectivity index (χ4n) is 2.81. The van der Waals surface area contributed by atoms with E-state index in [0.29, 0.717) is 12.1 Å². The average Bonchev–Trinajstić information content (AvgIpc) is 2.48. The highest BCUT2D eigenvalue weighted by molar-refractivity contribution is 5.80. The molecule has 2 atom stereocenters. The molecule has 1 aromatic carbocycles. The molecule has 2 rings (SSSR count). The van der Waals surface area contributed by atoms with Crippen molar-refractivity contribution in [2.24, 2.45) is 5.73 Å². The number of nitrogens with zero attached hydrogens (tertiary/aromatic N) is 1. The maximum absolute atomic E-state index is 11.7. The third kappa shape index (κ3) is 4.03. The Morgan fingerprint density at radius 2 is 2.14 bits per heavy atom. The first-order valence-corrected chi connectivity index (χ1v) is 7.40. The minimum absolute atomic E-state index is 0.178. The number of carbonyl (C=O) groups is 1. The van der Waals surface area contributed by atoms with Crippen LogP contribution in [-0.2, 0) is 15.1 Å². The molecule has 5 nitrogen and oxygen atoms in total. The number of nitrogens with two attached hydrogens (primary N) is 1. The van der Waals surface area contributed by atoms with Gasteiger partial charge in [-0.2, -0.15) is 0 Å². The predicted octanol–water partition coefficient (Wildman–Crippen LogP) is 1.43. The normalized spacial score (nSPS) is 22.0. The first-order valence-electron chi connectivity index (χ1n) is 7.40. The molecule has 1 aliphatic rings. The summed E-state index contributed by atoms with van der Waals surface area (Å²) in [5.74, 6) is -1.01. The maximum Gasteiger partial charge on any atom is 0.329 e. The number of benzene rings is 1. The Balaban J connectivity index is 2.03. The lowest BCUT2D eigenvalue weighted by Crippen LogP contribution is -2.53. The van der Waals surface area contributed by atoms with Crippen LogP contribution in [0.1, 0.15) is 24.8 Å². The number of hydrogen-bond acceptors (Lipinski definition) is 4. The number of hydrogen-bond donors (Lipinski definition) is 2. The molecule has 0 spiro atoms. The van der Waals surface area contributed by atoms with Crippen LogP contribution in [0.2, 0.25) is 0 Å². The summed E-state index contributed by atoms with van der Waals surface area (Å²) in [5, 5.41) is 9.56. The molecule has 3 N–H and O–H groups in total. The van der Waals surface area contributed by atoms with Crippen molar-refractivity contribution in [3.63, 3.8) is 0 Å². The highest BCUT2D eigenvalue weighted by atomic mass is 16.5. The van der Waals surface area contributed by atoms with Gasteiger partial charge >= 0.3 is 5.97 Å². The van der Waals surface area contributed by atoms with E-state index in [9.17, 15) is 9.90 Å². The van der Waals surface area contributed by atoms with Crippen molar-refractivity contribution in [3.05, 3.63) is 35.9 Å². The molecule has 0 saturated carbocycles. The van der Waals surface area contributed by atoms with Crippen LogP contribution in [-0.4, -0.2) is 48.8 Å². The zero-order valence-corrected chi connectivity index (χ0v) is 12.5. The molecule has 0 bridgehead atoms. The van der Waals surface area contributed by atoms with E-state index in [2.05, 4.69) is 0 Å². The lowest BCUT2D eigenvalue weighted by atomic mass is 9.90. The van der Waals surface area contributed by atoms with E-state index in [1.165, 1.54) is 6.42 Å². The molecule has 0 amide bonds. The Bertz CT molecular complexity index is 460. The minimum atomic E-state index is -1.40. The van der Waals surface area contributed by atoms with Crippen molar-refractivity contribution >= 4 is 5.97 Å². The van der Waals surface area contributed by atoms with Crippen LogP contribution in [0.25, 0.3) is 0 Å². The van der Waals surface area contributed by atoms with Gasteiger partial charge in [-0.15, -0.1) is 0 Å². The Morgan fingerprint density at radius 1 is 1.43 bits per heavy atom. The summed E-state index contributed by atoms with van der Waals surface area (Å²) in [6.07, 6.45) is 3.49. The smallest absolute Gasteiger partial charge is 0.329 e. The molecule has 0 aromatic heterocycles. The van der Waals surface area contributed by atoms with Crippen molar-refractivity contribution in [2.75, 3.05) is 26.7 Å². The Labute approximate surface area is 125 Å². The van der Waals surface area contributed by atoms with Crippen LogP contribution in [0.5, 0.6) is 0 Å². The van der Waals surface area contributed by atoms with Crippen LogP contribution in [0.3, 0.4) is 0 Å². The van der Waals surface area contributed by atoms with E-state index in [1.807, 2.05) is 30.1 Å². The summed E-state index contributed by atoms with van der Waals surface area (Å²) < 4.78 is 5.70. The average molecular weight is 292 g/mol. The topological polar surface area (TPSA) is 75.8 Å². The fraction of sp³-hybridized carbons (Fsp3) is 0.562. The molecular weight excluding hydrogens is 268 g/mol. The second kappa shape index (κ2) is 7.02. The van der Waals surface area contributed by atoms with E-state index in [4.69, 9.17) is 10.5 Å². The second-order valence-electron chi connectivity index (χ2n) is 5.83. The van der Waals surface area contributed by atoms with Gasteiger partial charge in [0.2, 0.25) is 0 Å². The zero-order valence-electron chi connectivity index (χ0n) is 12.5. The minimum Gasteiger partial charge on any atom is -0.480 e. The van der Waals surface area contributed by atoms with Crippen LogP contribution >= 0.6 is 0 Å². The van der Waals surface area contributed by atoms with Gasteiger partial charge in [0.15, 0.2) is 5.54 Å². The van der Waals surface area contributed by atoms with Gasteiger partial charge in [-0.25, -0.2) is 4.79 Å². The van der Waals surface area contributed by atoms with E-state index >= 15 is 0 Å². The molecular formula is C16H24N2O3. The predicted molar refractivity (Wildman–Crippen MR) is 81.0 cm³/mol. The van der Waals surface area contributed by atoms with E-state index in [-0.39, 0.29) is 12.6 Å². The summed E-state index contributed by atoms with van der Waals surface area (Å²) >= 11 is 0. The summed E-state index contributed by atoms with van der Waals surface area (Å²) in [6.45, 7) is 1.76. The number of likely N-dealkylation sites (N-methyl/N-ethyl adjacent to an activating group) is 1. The molecule has 2 unspecified atom stereocenters. The highest BCUT2D eigenvalue weighted by Gasteiger charge is 2.37. The van der Waals surface area contributed by atoms with E-state index < -0.39 is 11.5 Å². The summed E-state index contributed by atoms with van der Waals surface area (Å²) in [6, 6.07) is 9.00. The lowest BCUT2D eigenvalue weighted by molar-refractivity contribution is -0.144. The molecule has 1 aromatic rings.